The summed E-state index contributed by atoms with van der Waals surface area (Å²) in [6, 6.07) is 5.22. The van der Waals surface area contributed by atoms with Gasteiger partial charge in [0, 0.05) is 18.0 Å². The summed E-state index contributed by atoms with van der Waals surface area (Å²) in [4.78, 5) is 12.1. The first-order valence-electron chi connectivity index (χ1n) is 7.45. The molecule has 1 aliphatic rings. The van der Waals surface area contributed by atoms with Gasteiger partial charge in [0.25, 0.3) is 0 Å². The smallest absolute Gasteiger partial charge is 0.223 e. The van der Waals surface area contributed by atoms with Crippen molar-refractivity contribution in [3.63, 3.8) is 0 Å². The molecular formula is C16H25ClN2O4. The molecule has 1 amide bonds. The predicted molar refractivity (Wildman–Crippen MR) is 90.3 cm³/mol. The largest absolute Gasteiger partial charge is 0.497 e. The van der Waals surface area contributed by atoms with Gasteiger partial charge in [-0.1, -0.05) is 6.92 Å². The maximum absolute atomic E-state index is 12.1. The van der Waals surface area contributed by atoms with Crippen LogP contribution in [0.2, 0.25) is 0 Å². The number of aliphatic hydroxyl groups excluding tert-OH is 1. The zero-order valence-corrected chi connectivity index (χ0v) is 14.5. The second kappa shape index (κ2) is 8.96. The Morgan fingerprint density at radius 1 is 1.39 bits per heavy atom. The number of carbonyl (C=O) groups excluding carboxylic acids is 1. The Balaban J connectivity index is 0.00000264. The van der Waals surface area contributed by atoms with E-state index in [1.54, 1.807) is 32.4 Å². The van der Waals surface area contributed by atoms with Crippen LogP contribution in [0.5, 0.6) is 11.5 Å². The molecule has 2 unspecified atom stereocenters. The van der Waals surface area contributed by atoms with Crippen molar-refractivity contribution in [3.05, 3.63) is 23.8 Å². The average Bonchev–Trinajstić information content (AvgIpc) is 2.49. The van der Waals surface area contributed by atoms with E-state index in [9.17, 15) is 9.90 Å². The average molecular weight is 345 g/mol. The van der Waals surface area contributed by atoms with Gasteiger partial charge >= 0.3 is 0 Å². The highest BCUT2D eigenvalue weighted by molar-refractivity contribution is 5.85. The molecule has 1 fully saturated rings. The normalized spacial score (nSPS) is 16.5. The molecule has 0 aromatic heterocycles. The summed E-state index contributed by atoms with van der Waals surface area (Å²) in [6.45, 7) is 3.81. The summed E-state index contributed by atoms with van der Waals surface area (Å²) in [7, 11) is 3.11. The van der Waals surface area contributed by atoms with Gasteiger partial charge < -0.3 is 25.2 Å². The van der Waals surface area contributed by atoms with E-state index >= 15 is 0 Å². The van der Waals surface area contributed by atoms with Crippen molar-refractivity contribution in [2.45, 2.75) is 13.0 Å². The highest BCUT2D eigenvalue weighted by Crippen LogP contribution is 2.29. The number of aliphatic hydroxyl groups is 1. The number of carbonyl (C=O) groups is 1. The molecule has 1 aliphatic heterocycles. The molecule has 7 heteroatoms. The summed E-state index contributed by atoms with van der Waals surface area (Å²) in [5.41, 5.74) is 0.597. The van der Waals surface area contributed by atoms with E-state index in [0.29, 0.717) is 23.0 Å². The number of amides is 1. The van der Waals surface area contributed by atoms with Crippen LogP contribution in [0.1, 0.15) is 18.6 Å². The molecule has 1 heterocycles. The summed E-state index contributed by atoms with van der Waals surface area (Å²) >= 11 is 0. The third kappa shape index (κ3) is 4.73. The Morgan fingerprint density at radius 3 is 2.61 bits per heavy atom. The van der Waals surface area contributed by atoms with Gasteiger partial charge in [0.2, 0.25) is 5.91 Å². The fourth-order valence-electron chi connectivity index (χ4n) is 2.45. The number of nitrogens with one attached hydrogen (secondary N) is 2. The van der Waals surface area contributed by atoms with Crippen molar-refractivity contribution >= 4 is 18.3 Å². The van der Waals surface area contributed by atoms with Crippen LogP contribution in [0.3, 0.4) is 0 Å². The van der Waals surface area contributed by atoms with Crippen molar-refractivity contribution < 1.29 is 19.4 Å². The fraction of sp³-hybridized carbons (Fsp3) is 0.562. The fourth-order valence-corrected chi connectivity index (χ4v) is 2.45. The Hall–Kier alpha value is -1.50. The van der Waals surface area contributed by atoms with Crippen molar-refractivity contribution in [2.75, 3.05) is 33.9 Å². The first-order chi connectivity index (χ1) is 10.6. The summed E-state index contributed by atoms with van der Waals surface area (Å²) in [5.74, 6) is 1.49. The molecule has 1 aromatic rings. The van der Waals surface area contributed by atoms with Crippen LogP contribution < -0.4 is 20.1 Å². The molecule has 0 spiro atoms. The standard InChI is InChI=1S/C16H24N2O4.ClH/c1-10(11-7-17-8-11)16(20)18-9-14(19)13-6-12(21-2)4-5-15(13)22-3;/h4-6,10-11,14,17,19H,7-9H2,1-3H3,(H,18,20);1H. The molecule has 0 saturated carbocycles. The highest BCUT2D eigenvalue weighted by atomic mass is 35.5. The van der Waals surface area contributed by atoms with Gasteiger partial charge in [-0.05, 0) is 37.2 Å². The molecule has 23 heavy (non-hydrogen) atoms. The molecule has 0 bridgehead atoms. The topological polar surface area (TPSA) is 79.8 Å². The van der Waals surface area contributed by atoms with Crippen molar-refractivity contribution in [3.8, 4) is 11.5 Å². The molecule has 3 N–H and O–H groups in total. The Morgan fingerprint density at radius 2 is 2.09 bits per heavy atom. The van der Waals surface area contributed by atoms with E-state index in [0.717, 1.165) is 13.1 Å². The Kier molecular flexibility index (Phi) is 7.61. The molecule has 0 aliphatic carbocycles. The number of methoxy groups -OCH3 is 2. The van der Waals surface area contributed by atoms with Gasteiger partial charge in [-0.15, -0.1) is 12.4 Å². The molecular weight excluding hydrogens is 320 g/mol. The molecule has 2 rings (SSSR count). The minimum absolute atomic E-state index is 0. The number of halogens is 1. The number of hydrogen-bond donors (Lipinski definition) is 3. The quantitative estimate of drug-likeness (QED) is 0.691. The van der Waals surface area contributed by atoms with E-state index in [1.807, 2.05) is 6.92 Å². The van der Waals surface area contributed by atoms with Crippen LogP contribution >= 0.6 is 12.4 Å². The van der Waals surface area contributed by atoms with E-state index in [1.165, 1.54) is 0 Å². The summed E-state index contributed by atoms with van der Waals surface area (Å²) < 4.78 is 10.4. The van der Waals surface area contributed by atoms with Crippen molar-refractivity contribution in [1.82, 2.24) is 10.6 Å². The number of hydrogen-bond acceptors (Lipinski definition) is 5. The maximum atomic E-state index is 12.1. The highest BCUT2D eigenvalue weighted by Gasteiger charge is 2.29. The van der Waals surface area contributed by atoms with Gasteiger partial charge in [0.1, 0.15) is 11.5 Å². The first-order valence-corrected chi connectivity index (χ1v) is 7.45. The van der Waals surface area contributed by atoms with Crippen molar-refractivity contribution in [2.24, 2.45) is 11.8 Å². The second-order valence-corrected chi connectivity index (χ2v) is 5.58. The molecule has 1 aromatic carbocycles. The van der Waals surface area contributed by atoms with Crippen molar-refractivity contribution in [1.29, 1.82) is 0 Å². The third-order valence-electron chi connectivity index (χ3n) is 4.20. The molecule has 6 nitrogen and oxygen atoms in total. The van der Waals surface area contributed by atoms with Crippen LogP contribution in [0.4, 0.5) is 0 Å². The lowest BCUT2D eigenvalue weighted by Crippen LogP contribution is -2.50. The zero-order valence-electron chi connectivity index (χ0n) is 13.7. The zero-order chi connectivity index (χ0) is 16.1. The Labute approximate surface area is 143 Å². The van der Waals surface area contributed by atoms with Gasteiger partial charge in [0.15, 0.2) is 0 Å². The van der Waals surface area contributed by atoms with Crippen LogP contribution in [0.25, 0.3) is 0 Å². The monoisotopic (exact) mass is 344 g/mol. The summed E-state index contributed by atoms with van der Waals surface area (Å²) in [6.07, 6.45) is -0.847. The minimum atomic E-state index is -0.847. The van der Waals surface area contributed by atoms with Gasteiger partial charge in [0.05, 0.1) is 20.3 Å². The lowest BCUT2D eigenvalue weighted by atomic mass is 9.88. The maximum Gasteiger partial charge on any atom is 0.223 e. The second-order valence-electron chi connectivity index (χ2n) is 5.58. The molecule has 0 radical (unpaired) electrons. The number of rotatable bonds is 7. The van der Waals surface area contributed by atoms with Gasteiger partial charge in [-0.2, -0.15) is 0 Å². The third-order valence-corrected chi connectivity index (χ3v) is 4.20. The first kappa shape index (κ1) is 19.5. The lowest BCUT2D eigenvalue weighted by Gasteiger charge is -2.32. The van der Waals surface area contributed by atoms with E-state index < -0.39 is 6.10 Å². The lowest BCUT2D eigenvalue weighted by molar-refractivity contribution is -0.127. The van der Waals surface area contributed by atoms with Crippen LogP contribution in [0.15, 0.2) is 18.2 Å². The molecule has 1 saturated heterocycles. The minimum Gasteiger partial charge on any atom is -0.497 e. The van der Waals surface area contributed by atoms with Crippen LogP contribution in [-0.2, 0) is 4.79 Å². The Bertz CT molecular complexity index is 523. The van der Waals surface area contributed by atoms with E-state index in [4.69, 9.17) is 9.47 Å². The van der Waals surface area contributed by atoms with Gasteiger partial charge in [-0.25, -0.2) is 0 Å². The number of benzene rings is 1. The SMILES string of the molecule is COc1ccc(OC)c(C(O)CNC(=O)C(C)C2CNC2)c1.Cl. The van der Waals surface area contributed by atoms with Crippen LogP contribution in [0, 0.1) is 11.8 Å². The number of ether oxygens (including phenoxy) is 2. The predicted octanol–water partition coefficient (Wildman–Crippen LogP) is 1.13. The molecule has 2 atom stereocenters. The van der Waals surface area contributed by atoms with E-state index in [-0.39, 0.29) is 30.8 Å². The molecule has 130 valence electrons. The van der Waals surface area contributed by atoms with E-state index in [2.05, 4.69) is 10.6 Å². The van der Waals surface area contributed by atoms with Gasteiger partial charge in [-0.3, -0.25) is 4.79 Å². The van der Waals surface area contributed by atoms with Crippen LogP contribution in [-0.4, -0.2) is 44.9 Å². The summed E-state index contributed by atoms with van der Waals surface area (Å²) in [5, 5.41) is 16.3.